The summed E-state index contributed by atoms with van der Waals surface area (Å²) >= 11 is 0. The van der Waals surface area contributed by atoms with Crippen molar-refractivity contribution in [3.63, 3.8) is 0 Å². The summed E-state index contributed by atoms with van der Waals surface area (Å²) in [6.45, 7) is 5.72. The van der Waals surface area contributed by atoms with E-state index in [9.17, 15) is 4.79 Å². The Balaban J connectivity index is 2.28. The summed E-state index contributed by atoms with van der Waals surface area (Å²) in [6, 6.07) is 5.68. The number of carbonyl (C=O) groups is 1. The lowest BCUT2D eigenvalue weighted by Crippen LogP contribution is -2.23. The number of carboxylic acid groups (broad SMARTS) is 1. The molecule has 1 heterocycles. The lowest BCUT2D eigenvalue weighted by atomic mass is 9.84. The quantitative estimate of drug-likeness (QED) is 0.680. The fourth-order valence-corrected chi connectivity index (χ4v) is 1.88. The Hall–Kier alpha value is -1.62. The van der Waals surface area contributed by atoms with Crippen molar-refractivity contribution in [2.24, 2.45) is 5.41 Å². The number of methoxy groups -OCH3 is 1. The Morgan fingerprint density at radius 3 is 2.80 bits per heavy atom. The number of aromatic nitrogens is 1. The zero-order valence-electron chi connectivity index (χ0n) is 12.5. The molecule has 2 N–H and O–H groups in total. The van der Waals surface area contributed by atoms with E-state index in [0.29, 0.717) is 18.8 Å². The van der Waals surface area contributed by atoms with Crippen molar-refractivity contribution in [2.45, 2.75) is 39.7 Å². The molecule has 5 heteroatoms. The molecule has 0 bridgehead atoms. The fourth-order valence-electron chi connectivity index (χ4n) is 1.88. The van der Waals surface area contributed by atoms with Gasteiger partial charge >= 0.3 is 5.97 Å². The first-order valence-corrected chi connectivity index (χ1v) is 6.85. The van der Waals surface area contributed by atoms with Crippen molar-refractivity contribution in [3.05, 3.63) is 23.9 Å². The van der Waals surface area contributed by atoms with Gasteiger partial charge in [0.05, 0.1) is 12.8 Å². The van der Waals surface area contributed by atoms with E-state index < -0.39 is 5.97 Å². The Kier molecular flexibility index (Phi) is 6.45. The molecule has 0 fully saturated rings. The fraction of sp³-hybridized carbons (Fsp3) is 0.600. The molecule has 0 aliphatic heterocycles. The van der Waals surface area contributed by atoms with Crippen LogP contribution in [0.4, 0.5) is 0 Å². The second kappa shape index (κ2) is 7.85. The van der Waals surface area contributed by atoms with Gasteiger partial charge < -0.3 is 15.2 Å². The molecule has 20 heavy (non-hydrogen) atoms. The predicted molar refractivity (Wildman–Crippen MR) is 77.8 cm³/mol. The Bertz CT molecular complexity index is 433. The molecule has 0 saturated carbocycles. The molecule has 112 valence electrons. The molecule has 0 unspecified atom stereocenters. The van der Waals surface area contributed by atoms with Crippen LogP contribution in [0.25, 0.3) is 0 Å². The number of aliphatic carboxylic acids is 1. The van der Waals surface area contributed by atoms with E-state index in [2.05, 4.69) is 24.1 Å². The number of rotatable bonds is 9. The second-order valence-electron chi connectivity index (χ2n) is 5.66. The third-order valence-electron chi connectivity index (χ3n) is 3.29. The van der Waals surface area contributed by atoms with Crippen LogP contribution in [-0.2, 0) is 11.3 Å². The van der Waals surface area contributed by atoms with Crippen LogP contribution >= 0.6 is 0 Å². The summed E-state index contributed by atoms with van der Waals surface area (Å²) < 4.78 is 5.08. The monoisotopic (exact) mass is 280 g/mol. The molecular weight excluding hydrogens is 256 g/mol. The highest BCUT2D eigenvalue weighted by Gasteiger charge is 2.18. The first-order valence-electron chi connectivity index (χ1n) is 6.85. The van der Waals surface area contributed by atoms with Crippen LogP contribution in [0.3, 0.4) is 0 Å². The summed E-state index contributed by atoms with van der Waals surface area (Å²) in [5.74, 6) is -0.113. The summed E-state index contributed by atoms with van der Waals surface area (Å²) in [5, 5.41) is 12.0. The molecule has 0 amide bonds. The molecule has 0 spiro atoms. The Labute approximate surface area is 120 Å². The van der Waals surface area contributed by atoms with Crippen molar-refractivity contribution in [1.29, 1.82) is 0 Å². The van der Waals surface area contributed by atoms with E-state index in [-0.39, 0.29) is 11.8 Å². The van der Waals surface area contributed by atoms with Gasteiger partial charge in [0.2, 0.25) is 5.88 Å². The highest BCUT2D eigenvalue weighted by molar-refractivity contribution is 5.66. The highest BCUT2D eigenvalue weighted by atomic mass is 16.5. The van der Waals surface area contributed by atoms with Crippen LogP contribution in [-0.4, -0.2) is 29.7 Å². The lowest BCUT2D eigenvalue weighted by Gasteiger charge is -2.23. The smallest absolute Gasteiger partial charge is 0.303 e. The molecule has 1 aromatic heterocycles. The molecular formula is C15H24N2O3. The first-order chi connectivity index (χ1) is 9.43. The maximum atomic E-state index is 10.6. The number of hydrogen-bond acceptors (Lipinski definition) is 4. The van der Waals surface area contributed by atoms with E-state index in [1.807, 2.05) is 18.2 Å². The van der Waals surface area contributed by atoms with E-state index in [0.717, 1.165) is 18.7 Å². The van der Waals surface area contributed by atoms with Gasteiger partial charge in [0.1, 0.15) is 0 Å². The lowest BCUT2D eigenvalue weighted by molar-refractivity contribution is -0.137. The van der Waals surface area contributed by atoms with Crippen LogP contribution in [0, 0.1) is 5.41 Å². The third-order valence-corrected chi connectivity index (χ3v) is 3.29. The summed E-state index contributed by atoms with van der Waals surface area (Å²) in [7, 11) is 1.60. The minimum atomic E-state index is -0.730. The van der Waals surface area contributed by atoms with Crippen LogP contribution in [0.5, 0.6) is 5.88 Å². The van der Waals surface area contributed by atoms with E-state index in [4.69, 9.17) is 9.84 Å². The molecule has 0 aliphatic carbocycles. The number of carboxylic acids is 1. The van der Waals surface area contributed by atoms with E-state index in [1.165, 1.54) is 0 Å². The predicted octanol–water partition coefficient (Wildman–Crippen LogP) is 2.46. The van der Waals surface area contributed by atoms with Gasteiger partial charge in [-0.15, -0.1) is 0 Å². The van der Waals surface area contributed by atoms with Crippen LogP contribution in [0.15, 0.2) is 18.2 Å². The number of hydrogen-bond donors (Lipinski definition) is 2. The van der Waals surface area contributed by atoms with Crippen LogP contribution < -0.4 is 10.1 Å². The van der Waals surface area contributed by atoms with Gasteiger partial charge in [-0.2, -0.15) is 0 Å². The highest BCUT2D eigenvalue weighted by Crippen LogP contribution is 2.26. The molecule has 0 radical (unpaired) electrons. The first kappa shape index (κ1) is 16.4. The molecule has 1 aromatic rings. The zero-order chi connectivity index (χ0) is 15.0. The topological polar surface area (TPSA) is 71.5 Å². The van der Waals surface area contributed by atoms with Gasteiger partial charge in [0, 0.05) is 19.0 Å². The SMILES string of the molecule is COc1cccc(CNCCC(C)(C)CCC(=O)O)n1. The normalized spacial score (nSPS) is 11.3. The number of nitrogens with zero attached hydrogens (tertiary/aromatic N) is 1. The van der Waals surface area contributed by atoms with Gasteiger partial charge in [-0.1, -0.05) is 19.9 Å². The standard InChI is InChI=1S/C15H24N2O3/c1-15(2,8-7-14(18)19)9-10-16-11-12-5-4-6-13(17-12)20-3/h4-6,16H,7-11H2,1-3H3,(H,18,19). The zero-order valence-corrected chi connectivity index (χ0v) is 12.5. The minimum absolute atomic E-state index is 0.0349. The molecule has 0 aromatic carbocycles. The van der Waals surface area contributed by atoms with Crippen molar-refractivity contribution in [2.75, 3.05) is 13.7 Å². The molecule has 5 nitrogen and oxygen atoms in total. The van der Waals surface area contributed by atoms with Gasteiger partial charge in [-0.3, -0.25) is 4.79 Å². The summed E-state index contributed by atoms with van der Waals surface area (Å²) in [4.78, 5) is 14.9. The average molecular weight is 280 g/mol. The third kappa shape index (κ3) is 6.52. The van der Waals surface area contributed by atoms with Crippen LogP contribution in [0.1, 0.15) is 38.8 Å². The van der Waals surface area contributed by atoms with Crippen molar-refractivity contribution < 1.29 is 14.6 Å². The van der Waals surface area contributed by atoms with E-state index in [1.54, 1.807) is 7.11 Å². The maximum absolute atomic E-state index is 10.6. The molecule has 0 aliphatic rings. The van der Waals surface area contributed by atoms with Crippen molar-refractivity contribution in [3.8, 4) is 5.88 Å². The second-order valence-corrected chi connectivity index (χ2v) is 5.66. The number of pyridine rings is 1. The number of ether oxygens (including phenoxy) is 1. The van der Waals surface area contributed by atoms with Gasteiger partial charge in [0.15, 0.2) is 0 Å². The molecule has 0 atom stereocenters. The van der Waals surface area contributed by atoms with Gasteiger partial charge in [-0.05, 0) is 30.9 Å². The Morgan fingerprint density at radius 1 is 1.40 bits per heavy atom. The molecule has 0 saturated heterocycles. The molecule has 1 rings (SSSR count). The van der Waals surface area contributed by atoms with Crippen molar-refractivity contribution >= 4 is 5.97 Å². The average Bonchev–Trinajstić information content (AvgIpc) is 2.42. The minimum Gasteiger partial charge on any atom is -0.481 e. The largest absolute Gasteiger partial charge is 0.481 e. The van der Waals surface area contributed by atoms with Gasteiger partial charge in [0.25, 0.3) is 0 Å². The maximum Gasteiger partial charge on any atom is 0.303 e. The summed E-state index contributed by atoms with van der Waals surface area (Å²) in [5.41, 5.74) is 0.973. The Morgan fingerprint density at radius 2 is 2.15 bits per heavy atom. The van der Waals surface area contributed by atoms with Crippen LogP contribution in [0.2, 0.25) is 0 Å². The van der Waals surface area contributed by atoms with Gasteiger partial charge in [-0.25, -0.2) is 4.98 Å². The van der Waals surface area contributed by atoms with Crippen molar-refractivity contribution in [1.82, 2.24) is 10.3 Å². The van der Waals surface area contributed by atoms with E-state index >= 15 is 0 Å². The number of nitrogens with one attached hydrogen (secondary N) is 1. The summed E-state index contributed by atoms with van der Waals surface area (Å²) in [6.07, 6.45) is 1.86.